The van der Waals surface area contributed by atoms with Crippen molar-refractivity contribution in [3.05, 3.63) is 53.9 Å². The number of aliphatic hydroxyl groups is 1. The van der Waals surface area contributed by atoms with Gasteiger partial charge in [0, 0.05) is 24.2 Å². The summed E-state index contributed by atoms with van der Waals surface area (Å²) >= 11 is 0. The van der Waals surface area contributed by atoms with Crippen LogP contribution in [-0.4, -0.2) is 40.3 Å². The molecule has 0 radical (unpaired) electrons. The minimum absolute atomic E-state index is 0.531. The lowest BCUT2D eigenvalue weighted by atomic mass is 9.95. The summed E-state index contributed by atoms with van der Waals surface area (Å²) < 4.78 is 13.0. The van der Waals surface area contributed by atoms with Gasteiger partial charge in [0.05, 0.1) is 44.4 Å². The minimum atomic E-state index is -0.622. The fourth-order valence-corrected chi connectivity index (χ4v) is 3.59. The van der Waals surface area contributed by atoms with Gasteiger partial charge in [-0.1, -0.05) is 12.1 Å². The molecule has 0 bridgehead atoms. The lowest BCUT2D eigenvalue weighted by molar-refractivity contribution is 0.0713. The third kappa shape index (κ3) is 2.73. The first-order chi connectivity index (χ1) is 12.2. The summed E-state index contributed by atoms with van der Waals surface area (Å²) in [6.07, 6.45) is 1.22. The van der Waals surface area contributed by atoms with Crippen LogP contribution in [0, 0.1) is 0 Å². The van der Waals surface area contributed by atoms with E-state index >= 15 is 0 Å². The number of β-amino-alcohol motifs (C(OH)–C–C–N with tert-alkyl or cyclic N) is 1. The molecule has 1 aliphatic heterocycles. The molecule has 2 heterocycles. The molecule has 2 aromatic carbocycles. The molecule has 1 atom stereocenters. The Morgan fingerprint density at radius 1 is 1.12 bits per heavy atom. The molecular formula is C19H21N3O3. The van der Waals surface area contributed by atoms with Crippen molar-refractivity contribution in [1.82, 2.24) is 14.5 Å². The number of imidazole rings is 1. The highest BCUT2D eigenvalue weighted by Crippen LogP contribution is 2.39. The van der Waals surface area contributed by atoms with E-state index in [4.69, 9.17) is 9.47 Å². The average molecular weight is 339 g/mol. The SMILES string of the molecule is COc1ccc(OC)c2c1CN(Cn1cnc3ccccc31)C[C@@H]2O. The summed E-state index contributed by atoms with van der Waals surface area (Å²) in [4.78, 5) is 6.62. The quantitative estimate of drug-likeness (QED) is 0.792. The number of rotatable bonds is 4. The molecule has 0 aliphatic carbocycles. The van der Waals surface area contributed by atoms with Gasteiger partial charge >= 0.3 is 0 Å². The van der Waals surface area contributed by atoms with Crippen LogP contribution in [0.5, 0.6) is 11.5 Å². The second-order valence-corrected chi connectivity index (χ2v) is 6.23. The maximum atomic E-state index is 10.7. The van der Waals surface area contributed by atoms with E-state index < -0.39 is 6.10 Å². The zero-order valence-electron chi connectivity index (χ0n) is 14.3. The Hall–Kier alpha value is -2.57. The average Bonchev–Trinajstić information content (AvgIpc) is 3.04. The van der Waals surface area contributed by atoms with Gasteiger partial charge in [0.2, 0.25) is 0 Å². The normalized spacial score (nSPS) is 17.5. The smallest absolute Gasteiger partial charge is 0.125 e. The van der Waals surface area contributed by atoms with Gasteiger partial charge in [0.1, 0.15) is 11.5 Å². The lowest BCUT2D eigenvalue weighted by Gasteiger charge is -2.34. The Labute approximate surface area is 146 Å². The van der Waals surface area contributed by atoms with Crippen molar-refractivity contribution in [3.63, 3.8) is 0 Å². The molecule has 25 heavy (non-hydrogen) atoms. The Morgan fingerprint density at radius 2 is 1.88 bits per heavy atom. The number of nitrogens with zero attached hydrogens (tertiary/aromatic N) is 3. The predicted octanol–water partition coefficient (Wildman–Crippen LogP) is 2.56. The maximum absolute atomic E-state index is 10.7. The topological polar surface area (TPSA) is 59.8 Å². The Kier molecular flexibility index (Phi) is 4.07. The number of para-hydroxylation sites is 2. The van der Waals surface area contributed by atoms with Gasteiger partial charge in [-0.15, -0.1) is 0 Å². The summed E-state index contributed by atoms with van der Waals surface area (Å²) in [6, 6.07) is 11.8. The van der Waals surface area contributed by atoms with Crippen molar-refractivity contribution < 1.29 is 14.6 Å². The molecule has 0 spiro atoms. The summed E-state index contributed by atoms with van der Waals surface area (Å²) in [6.45, 7) is 1.86. The predicted molar refractivity (Wildman–Crippen MR) is 94.6 cm³/mol. The first-order valence-corrected chi connectivity index (χ1v) is 8.25. The molecule has 0 fully saturated rings. The van der Waals surface area contributed by atoms with E-state index in [0.29, 0.717) is 25.5 Å². The molecule has 0 saturated carbocycles. The Balaban J connectivity index is 1.67. The standard InChI is InChI=1S/C19H21N3O3/c1-24-17-7-8-18(25-2)19-13(17)9-21(10-16(19)23)12-22-11-20-14-5-3-4-6-15(14)22/h3-8,11,16,23H,9-10,12H2,1-2H3/t16-/m0/s1. The fourth-order valence-electron chi connectivity index (χ4n) is 3.59. The molecule has 1 N–H and O–H groups in total. The van der Waals surface area contributed by atoms with Crippen molar-refractivity contribution in [2.75, 3.05) is 20.8 Å². The van der Waals surface area contributed by atoms with Crippen molar-refractivity contribution in [3.8, 4) is 11.5 Å². The molecular weight excluding hydrogens is 318 g/mol. The maximum Gasteiger partial charge on any atom is 0.125 e. The zero-order chi connectivity index (χ0) is 17.4. The fraction of sp³-hybridized carbons (Fsp3) is 0.316. The van der Waals surface area contributed by atoms with Gasteiger partial charge < -0.3 is 19.1 Å². The van der Waals surface area contributed by atoms with Crippen LogP contribution in [0.1, 0.15) is 17.2 Å². The lowest BCUT2D eigenvalue weighted by Crippen LogP contribution is -2.35. The van der Waals surface area contributed by atoms with Crippen LogP contribution in [0.15, 0.2) is 42.7 Å². The summed E-state index contributed by atoms with van der Waals surface area (Å²) in [5.41, 5.74) is 3.86. The number of aliphatic hydroxyl groups excluding tert-OH is 1. The molecule has 3 aromatic rings. The molecule has 1 aromatic heterocycles. The third-order valence-corrected chi connectivity index (χ3v) is 4.74. The zero-order valence-corrected chi connectivity index (χ0v) is 14.3. The van der Waals surface area contributed by atoms with Crippen LogP contribution in [0.3, 0.4) is 0 Å². The molecule has 1 aliphatic rings. The summed E-state index contributed by atoms with van der Waals surface area (Å²) in [7, 11) is 3.27. The van der Waals surface area contributed by atoms with E-state index in [9.17, 15) is 5.11 Å². The Morgan fingerprint density at radius 3 is 2.68 bits per heavy atom. The monoisotopic (exact) mass is 339 g/mol. The van der Waals surface area contributed by atoms with Crippen molar-refractivity contribution in [1.29, 1.82) is 0 Å². The van der Waals surface area contributed by atoms with Crippen LogP contribution in [0.25, 0.3) is 11.0 Å². The summed E-state index contributed by atoms with van der Waals surface area (Å²) in [5, 5.41) is 10.7. The van der Waals surface area contributed by atoms with Gasteiger partial charge in [-0.3, -0.25) is 4.90 Å². The van der Waals surface area contributed by atoms with Gasteiger partial charge in [0.15, 0.2) is 0 Å². The largest absolute Gasteiger partial charge is 0.496 e. The minimum Gasteiger partial charge on any atom is -0.496 e. The van der Waals surface area contributed by atoms with Crippen LogP contribution in [-0.2, 0) is 13.2 Å². The van der Waals surface area contributed by atoms with Crippen LogP contribution in [0.4, 0.5) is 0 Å². The number of benzene rings is 2. The number of hydrogen-bond donors (Lipinski definition) is 1. The summed E-state index contributed by atoms with van der Waals surface area (Å²) in [5.74, 6) is 1.48. The van der Waals surface area contributed by atoms with Crippen LogP contribution >= 0.6 is 0 Å². The number of fused-ring (bicyclic) bond motifs is 2. The van der Waals surface area contributed by atoms with Gasteiger partial charge in [-0.25, -0.2) is 4.98 Å². The van der Waals surface area contributed by atoms with E-state index in [2.05, 4.69) is 20.5 Å². The van der Waals surface area contributed by atoms with E-state index in [1.165, 1.54) is 0 Å². The molecule has 0 unspecified atom stereocenters. The van der Waals surface area contributed by atoms with E-state index in [1.807, 2.05) is 36.7 Å². The van der Waals surface area contributed by atoms with E-state index in [-0.39, 0.29) is 0 Å². The first kappa shape index (κ1) is 15.9. The van der Waals surface area contributed by atoms with Crippen LogP contribution < -0.4 is 9.47 Å². The second kappa shape index (κ2) is 6.38. The number of methoxy groups -OCH3 is 2. The highest BCUT2D eigenvalue weighted by atomic mass is 16.5. The van der Waals surface area contributed by atoms with Crippen molar-refractivity contribution >= 4 is 11.0 Å². The molecule has 6 nitrogen and oxygen atoms in total. The third-order valence-electron chi connectivity index (χ3n) is 4.74. The second-order valence-electron chi connectivity index (χ2n) is 6.23. The molecule has 4 rings (SSSR count). The number of hydrogen-bond acceptors (Lipinski definition) is 5. The van der Waals surface area contributed by atoms with Gasteiger partial charge in [-0.2, -0.15) is 0 Å². The highest BCUT2D eigenvalue weighted by Gasteiger charge is 2.29. The van der Waals surface area contributed by atoms with E-state index in [1.54, 1.807) is 14.2 Å². The molecule has 0 amide bonds. The first-order valence-electron chi connectivity index (χ1n) is 8.25. The van der Waals surface area contributed by atoms with Crippen LogP contribution in [0.2, 0.25) is 0 Å². The molecule has 6 heteroatoms. The highest BCUT2D eigenvalue weighted by molar-refractivity contribution is 5.74. The van der Waals surface area contributed by atoms with Gasteiger partial charge in [0.25, 0.3) is 0 Å². The number of aromatic nitrogens is 2. The molecule has 0 saturated heterocycles. The molecule has 130 valence electrons. The van der Waals surface area contributed by atoms with E-state index in [0.717, 1.165) is 27.9 Å². The number of ether oxygens (including phenoxy) is 2. The van der Waals surface area contributed by atoms with Crippen molar-refractivity contribution in [2.24, 2.45) is 0 Å². The Bertz CT molecular complexity index is 906. The van der Waals surface area contributed by atoms with Crippen molar-refractivity contribution in [2.45, 2.75) is 19.3 Å². The van der Waals surface area contributed by atoms with Gasteiger partial charge in [-0.05, 0) is 24.3 Å².